The van der Waals surface area contributed by atoms with Crippen molar-refractivity contribution in [3.8, 4) is 0 Å². The Kier molecular flexibility index (Phi) is 7.36. The Morgan fingerprint density at radius 1 is 0.646 bits per heavy atom. The van der Waals surface area contributed by atoms with Gasteiger partial charge in [-0.25, -0.2) is 0 Å². The zero-order valence-corrected chi connectivity index (χ0v) is 28.2. The Balaban J connectivity index is 1.27. The molecule has 0 saturated heterocycles. The predicted octanol–water partition coefficient (Wildman–Crippen LogP) is 8.05. The second-order valence-corrected chi connectivity index (χ2v) is 16.8. The fourth-order valence-corrected chi connectivity index (χ4v) is 13.4. The first kappa shape index (κ1) is 29.8. The summed E-state index contributed by atoms with van der Waals surface area (Å²) in [5.74, 6) is -0.475. The van der Waals surface area contributed by atoms with Crippen LogP contribution in [0.1, 0.15) is 43.6 Å². The van der Waals surface area contributed by atoms with Crippen LogP contribution in [0.2, 0.25) is 0 Å². The SMILES string of the molecule is C=Cc1cc2c(cc1/C=C\C)C(=O)/C(=C\c1ccc(N3c4ccccc4[Si](c4ccccc4)(c4ccccc4)c4ccccc43)s1)C2=O. The van der Waals surface area contributed by atoms with Crippen molar-refractivity contribution in [2.24, 2.45) is 0 Å². The van der Waals surface area contributed by atoms with E-state index in [1.807, 2.05) is 31.2 Å². The molecule has 2 aliphatic rings. The van der Waals surface area contributed by atoms with Gasteiger partial charge >= 0.3 is 0 Å². The number of hydrogen-bond acceptors (Lipinski definition) is 4. The second-order valence-electron chi connectivity index (χ2n) is 12.0. The number of allylic oxidation sites excluding steroid dienone is 2. The van der Waals surface area contributed by atoms with Gasteiger partial charge in [0.1, 0.15) is 5.00 Å². The standard InChI is InChI=1S/C43H31NO2SSi/c1-3-15-30-27-35-34(26-29(30)4-2)42(45)36(43(35)46)28-31-24-25-41(47-31)44-37-20-11-13-22-39(37)48(32-16-7-5-8-17-32,33-18-9-6-10-19-33)40-23-14-12-21-38(40)44/h3-28H,2H2,1H3/b15-3-,36-28-. The van der Waals surface area contributed by atoms with E-state index in [0.717, 1.165) is 32.4 Å². The van der Waals surface area contributed by atoms with Crippen molar-refractivity contribution in [3.05, 3.63) is 179 Å². The van der Waals surface area contributed by atoms with Crippen molar-refractivity contribution in [3.63, 3.8) is 0 Å². The molecule has 230 valence electrons. The van der Waals surface area contributed by atoms with E-state index < -0.39 is 8.07 Å². The highest BCUT2D eigenvalue weighted by atomic mass is 32.1. The van der Waals surface area contributed by atoms with E-state index in [1.54, 1.807) is 29.6 Å². The molecule has 2 heterocycles. The highest BCUT2D eigenvalue weighted by Gasteiger charge is 2.48. The van der Waals surface area contributed by atoms with Gasteiger partial charge in [0, 0.05) is 27.4 Å². The molecule has 3 nitrogen and oxygen atoms in total. The number of hydrogen-bond donors (Lipinski definition) is 0. The molecule has 0 unspecified atom stereocenters. The van der Waals surface area contributed by atoms with Gasteiger partial charge in [-0.2, -0.15) is 0 Å². The van der Waals surface area contributed by atoms with Crippen molar-refractivity contribution in [1.82, 2.24) is 0 Å². The van der Waals surface area contributed by atoms with Crippen LogP contribution in [-0.4, -0.2) is 19.6 Å². The van der Waals surface area contributed by atoms with Crippen molar-refractivity contribution < 1.29 is 9.59 Å². The monoisotopic (exact) mass is 653 g/mol. The first-order chi connectivity index (χ1) is 23.6. The average Bonchev–Trinajstić information content (AvgIpc) is 3.69. The van der Waals surface area contributed by atoms with Crippen LogP contribution in [0.15, 0.2) is 152 Å². The number of Topliss-reactive ketones (excluding diaryl/α,β-unsaturated/α-hetero) is 2. The minimum Gasteiger partial charge on any atom is -0.302 e. The minimum absolute atomic E-state index is 0.199. The van der Waals surface area contributed by atoms with E-state index in [1.165, 1.54) is 20.7 Å². The van der Waals surface area contributed by atoms with Gasteiger partial charge in [0.05, 0.1) is 5.57 Å². The molecule has 6 aromatic rings. The molecule has 0 N–H and O–H groups in total. The molecule has 5 aromatic carbocycles. The van der Waals surface area contributed by atoms with E-state index in [-0.39, 0.29) is 17.1 Å². The quantitative estimate of drug-likeness (QED) is 0.104. The molecule has 1 aliphatic heterocycles. The fraction of sp³-hybridized carbons (Fsp3) is 0.0233. The van der Waals surface area contributed by atoms with Crippen LogP contribution in [0.5, 0.6) is 0 Å². The number of para-hydroxylation sites is 2. The van der Waals surface area contributed by atoms with Crippen LogP contribution in [0.25, 0.3) is 18.2 Å². The fourth-order valence-electron chi connectivity index (χ4n) is 7.36. The summed E-state index contributed by atoms with van der Waals surface area (Å²) in [7, 11) is -2.70. The lowest BCUT2D eigenvalue weighted by atomic mass is 9.99. The Labute approximate surface area is 285 Å². The summed E-state index contributed by atoms with van der Waals surface area (Å²) in [6, 6.07) is 47.1. The summed E-state index contributed by atoms with van der Waals surface area (Å²) < 4.78 is 0. The Morgan fingerprint density at radius 3 is 1.71 bits per heavy atom. The zero-order valence-electron chi connectivity index (χ0n) is 26.4. The van der Waals surface area contributed by atoms with Gasteiger partial charge in [-0.05, 0) is 81.3 Å². The number of carbonyl (C=O) groups is 2. The maximum atomic E-state index is 13.6. The molecule has 1 aromatic heterocycles. The zero-order chi connectivity index (χ0) is 32.8. The molecule has 5 heteroatoms. The van der Waals surface area contributed by atoms with Gasteiger partial charge in [-0.1, -0.05) is 122 Å². The molecular weight excluding hydrogens is 623 g/mol. The molecule has 0 atom stereocenters. The van der Waals surface area contributed by atoms with Gasteiger partial charge < -0.3 is 4.90 Å². The molecular formula is C43H31NO2SSi. The first-order valence-corrected chi connectivity index (χ1v) is 18.8. The molecule has 48 heavy (non-hydrogen) atoms. The number of carbonyl (C=O) groups excluding carboxylic acids is 2. The molecule has 0 saturated carbocycles. The van der Waals surface area contributed by atoms with Crippen LogP contribution in [-0.2, 0) is 0 Å². The predicted molar refractivity (Wildman–Crippen MR) is 204 cm³/mol. The van der Waals surface area contributed by atoms with Crippen molar-refractivity contribution in [2.75, 3.05) is 4.90 Å². The van der Waals surface area contributed by atoms with Crippen LogP contribution in [0.4, 0.5) is 16.4 Å². The normalized spacial score (nSPS) is 15.4. The van der Waals surface area contributed by atoms with Gasteiger partial charge in [-0.15, -0.1) is 11.3 Å². The molecule has 8 rings (SSSR count). The van der Waals surface area contributed by atoms with Crippen molar-refractivity contribution in [2.45, 2.75) is 6.92 Å². The third-order valence-electron chi connectivity index (χ3n) is 9.40. The summed E-state index contributed by atoms with van der Waals surface area (Å²) in [4.78, 5) is 30.4. The molecule has 0 radical (unpaired) electrons. The third-order valence-corrected chi connectivity index (χ3v) is 15.3. The number of benzene rings is 5. The van der Waals surface area contributed by atoms with Gasteiger partial charge in [0.25, 0.3) is 0 Å². The average molecular weight is 654 g/mol. The largest absolute Gasteiger partial charge is 0.302 e. The number of nitrogens with zero attached hydrogens (tertiary/aromatic N) is 1. The summed E-state index contributed by atoms with van der Waals surface area (Å²) in [6.45, 7) is 5.84. The van der Waals surface area contributed by atoms with Crippen molar-refractivity contribution >= 4 is 86.3 Å². The number of anilines is 3. The van der Waals surface area contributed by atoms with E-state index in [9.17, 15) is 9.59 Å². The van der Waals surface area contributed by atoms with E-state index in [4.69, 9.17) is 0 Å². The third kappa shape index (κ3) is 4.47. The molecule has 1 aliphatic carbocycles. The van der Waals surface area contributed by atoms with Gasteiger partial charge in [0.2, 0.25) is 0 Å². The molecule has 0 fully saturated rings. The van der Waals surface area contributed by atoms with Crippen LogP contribution >= 0.6 is 11.3 Å². The summed E-state index contributed by atoms with van der Waals surface area (Å²) in [5, 5.41) is 6.33. The van der Waals surface area contributed by atoms with Crippen LogP contribution in [0, 0.1) is 0 Å². The smallest absolute Gasteiger partial charge is 0.197 e. The van der Waals surface area contributed by atoms with E-state index in [0.29, 0.717) is 11.1 Å². The molecule has 0 spiro atoms. The topological polar surface area (TPSA) is 37.4 Å². The molecule has 0 bridgehead atoms. The van der Waals surface area contributed by atoms with Gasteiger partial charge in [-0.3, -0.25) is 9.59 Å². The lowest BCUT2D eigenvalue weighted by molar-refractivity contribution is 0.0990. The highest BCUT2D eigenvalue weighted by Crippen LogP contribution is 2.42. The number of rotatable bonds is 6. The van der Waals surface area contributed by atoms with Crippen LogP contribution < -0.4 is 25.6 Å². The van der Waals surface area contributed by atoms with Crippen molar-refractivity contribution in [1.29, 1.82) is 0 Å². The lowest BCUT2D eigenvalue weighted by Crippen LogP contribution is -2.77. The maximum Gasteiger partial charge on any atom is 0.197 e. The highest BCUT2D eigenvalue weighted by molar-refractivity contribution is 7.22. The number of fused-ring (bicyclic) bond motifs is 3. The second kappa shape index (κ2) is 11.9. The number of thiophene rings is 1. The summed E-state index contributed by atoms with van der Waals surface area (Å²) in [5.41, 5.74) is 5.08. The first-order valence-electron chi connectivity index (χ1n) is 16.0. The minimum atomic E-state index is -2.70. The molecule has 0 amide bonds. The Hall–Kier alpha value is -5.62. The van der Waals surface area contributed by atoms with Crippen LogP contribution in [0.3, 0.4) is 0 Å². The number of ketones is 2. The lowest BCUT2D eigenvalue weighted by Gasteiger charge is -2.44. The van der Waals surface area contributed by atoms with E-state index >= 15 is 0 Å². The van der Waals surface area contributed by atoms with E-state index in [2.05, 4.69) is 127 Å². The Bertz CT molecular complexity index is 2230. The summed E-state index contributed by atoms with van der Waals surface area (Å²) in [6.07, 6.45) is 7.34. The summed E-state index contributed by atoms with van der Waals surface area (Å²) >= 11 is 1.58. The Morgan fingerprint density at radius 2 is 1.17 bits per heavy atom. The van der Waals surface area contributed by atoms with Gasteiger partial charge in [0.15, 0.2) is 19.6 Å². The maximum absolute atomic E-state index is 13.6.